The molecule has 1 fully saturated rings. The maximum absolute atomic E-state index is 13.0. The maximum atomic E-state index is 13.0. The first-order chi connectivity index (χ1) is 13.6. The van der Waals surface area contributed by atoms with Gasteiger partial charge in [-0.15, -0.1) is 0 Å². The van der Waals surface area contributed by atoms with Crippen LogP contribution in [0.15, 0.2) is 54.7 Å². The molecule has 2 atom stereocenters. The SMILES string of the molecule is CCc1cccc2c(CC(=O)N3CC(C(=O)O)C(c4ccccc4)C3)c[nH]c12. The summed E-state index contributed by atoms with van der Waals surface area (Å²) in [6.07, 6.45) is 3.11. The molecule has 0 radical (unpaired) electrons. The van der Waals surface area contributed by atoms with E-state index in [1.807, 2.05) is 48.7 Å². The van der Waals surface area contributed by atoms with Crippen molar-refractivity contribution in [1.29, 1.82) is 0 Å². The van der Waals surface area contributed by atoms with Crippen molar-refractivity contribution < 1.29 is 14.7 Å². The van der Waals surface area contributed by atoms with Crippen LogP contribution in [-0.4, -0.2) is 40.0 Å². The van der Waals surface area contributed by atoms with Crippen molar-refractivity contribution in [3.8, 4) is 0 Å². The van der Waals surface area contributed by atoms with Crippen LogP contribution in [0.4, 0.5) is 0 Å². The minimum absolute atomic E-state index is 0.0208. The van der Waals surface area contributed by atoms with E-state index in [1.54, 1.807) is 4.90 Å². The summed E-state index contributed by atoms with van der Waals surface area (Å²) in [6, 6.07) is 15.8. The molecule has 2 N–H and O–H groups in total. The Labute approximate surface area is 164 Å². The standard InChI is InChI=1S/C23H24N2O3/c1-2-15-9-6-10-18-17(12-24-22(15)18)11-21(26)25-13-19(20(14-25)23(27)28)16-7-4-3-5-8-16/h3-10,12,19-20,24H,2,11,13-14H2,1H3,(H,27,28). The van der Waals surface area contributed by atoms with Gasteiger partial charge in [-0.25, -0.2) is 0 Å². The topological polar surface area (TPSA) is 73.4 Å². The Morgan fingerprint density at radius 2 is 1.86 bits per heavy atom. The summed E-state index contributed by atoms with van der Waals surface area (Å²) in [6.45, 7) is 2.82. The van der Waals surface area contributed by atoms with Gasteiger partial charge in [0.15, 0.2) is 0 Å². The average Bonchev–Trinajstić information content (AvgIpc) is 3.33. The molecule has 3 aromatic rings. The summed E-state index contributed by atoms with van der Waals surface area (Å²) in [5.74, 6) is -1.60. The number of carbonyl (C=O) groups is 2. The van der Waals surface area contributed by atoms with Gasteiger partial charge in [-0.05, 0) is 23.1 Å². The van der Waals surface area contributed by atoms with E-state index in [-0.39, 0.29) is 24.8 Å². The fourth-order valence-electron chi connectivity index (χ4n) is 4.29. The number of nitrogens with zero attached hydrogens (tertiary/aromatic N) is 1. The van der Waals surface area contributed by atoms with Crippen LogP contribution in [0.3, 0.4) is 0 Å². The number of H-pyrrole nitrogens is 1. The number of amides is 1. The highest BCUT2D eigenvalue weighted by molar-refractivity contribution is 5.91. The van der Waals surface area contributed by atoms with Crippen LogP contribution in [-0.2, 0) is 22.4 Å². The number of carboxylic acid groups (broad SMARTS) is 1. The van der Waals surface area contributed by atoms with E-state index in [4.69, 9.17) is 0 Å². The van der Waals surface area contributed by atoms with Crippen molar-refractivity contribution in [2.24, 2.45) is 5.92 Å². The number of carboxylic acids is 1. The zero-order valence-electron chi connectivity index (χ0n) is 15.9. The summed E-state index contributed by atoms with van der Waals surface area (Å²) >= 11 is 0. The van der Waals surface area contributed by atoms with Crippen molar-refractivity contribution in [2.75, 3.05) is 13.1 Å². The molecule has 2 heterocycles. The van der Waals surface area contributed by atoms with Gasteiger partial charge in [-0.1, -0.05) is 55.5 Å². The molecule has 4 rings (SSSR count). The van der Waals surface area contributed by atoms with Gasteiger partial charge in [-0.2, -0.15) is 0 Å². The van der Waals surface area contributed by atoms with Crippen molar-refractivity contribution in [1.82, 2.24) is 9.88 Å². The van der Waals surface area contributed by atoms with Gasteiger partial charge >= 0.3 is 5.97 Å². The highest BCUT2D eigenvalue weighted by Gasteiger charge is 2.40. The number of aromatic amines is 1. The molecule has 2 unspecified atom stereocenters. The molecule has 1 amide bonds. The number of benzene rings is 2. The van der Waals surface area contributed by atoms with E-state index >= 15 is 0 Å². The average molecular weight is 376 g/mol. The largest absolute Gasteiger partial charge is 0.481 e. The Morgan fingerprint density at radius 3 is 2.57 bits per heavy atom. The third-order valence-corrected chi connectivity index (χ3v) is 5.83. The second-order valence-electron chi connectivity index (χ2n) is 7.44. The number of para-hydroxylation sites is 1. The fourth-order valence-corrected chi connectivity index (χ4v) is 4.29. The molecule has 5 nitrogen and oxygen atoms in total. The Hall–Kier alpha value is -3.08. The predicted octanol–water partition coefficient (Wildman–Crippen LogP) is 3.60. The number of aromatic nitrogens is 1. The molecule has 0 saturated carbocycles. The van der Waals surface area contributed by atoms with E-state index < -0.39 is 11.9 Å². The Bertz CT molecular complexity index is 1010. The number of aryl methyl sites for hydroxylation is 1. The van der Waals surface area contributed by atoms with Crippen molar-refractivity contribution >= 4 is 22.8 Å². The Kier molecular flexibility index (Phi) is 4.90. The number of hydrogen-bond acceptors (Lipinski definition) is 2. The zero-order valence-corrected chi connectivity index (χ0v) is 15.9. The predicted molar refractivity (Wildman–Crippen MR) is 108 cm³/mol. The number of nitrogens with one attached hydrogen (secondary N) is 1. The van der Waals surface area contributed by atoms with Gasteiger partial charge in [-0.3, -0.25) is 9.59 Å². The summed E-state index contributed by atoms with van der Waals surface area (Å²) in [5, 5.41) is 10.7. The molecule has 1 aliphatic rings. The van der Waals surface area contributed by atoms with Gasteiger partial charge in [0.2, 0.25) is 5.91 Å². The molecule has 0 bridgehead atoms. The lowest BCUT2D eigenvalue weighted by Gasteiger charge is -2.16. The number of fused-ring (bicyclic) bond motifs is 1. The molecular formula is C23H24N2O3. The van der Waals surface area contributed by atoms with Crippen LogP contribution >= 0.6 is 0 Å². The van der Waals surface area contributed by atoms with E-state index in [2.05, 4.69) is 18.0 Å². The van der Waals surface area contributed by atoms with Crippen LogP contribution < -0.4 is 0 Å². The second kappa shape index (κ2) is 7.50. The van der Waals surface area contributed by atoms with Gasteiger partial charge < -0.3 is 15.0 Å². The quantitative estimate of drug-likeness (QED) is 0.715. The third kappa shape index (κ3) is 3.28. The Balaban J connectivity index is 1.55. The van der Waals surface area contributed by atoms with Gasteiger partial charge in [0.1, 0.15) is 0 Å². The van der Waals surface area contributed by atoms with Gasteiger partial charge in [0, 0.05) is 36.1 Å². The molecular weight excluding hydrogens is 352 g/mol. The minimum atomic E-state index is -0.844. The normalized spacial score (nSPS) is 19.2. The minimum Gasteiger partial charge on any atom is -0.481 e. The molecule has 2 aromatic carbocycles. The molecule has 1 aromatic heterocycles. The number of carbonyl (C=O) groups excluding carboxylic acids is 1. The summed E-state index contributed by atoms with van der Waals surface area (Å²) in [4.78, 5) is 29.8. The first-order valence-electron chi connectivity index (χ1n) is 9.71. The maximum Gasteiger partial charge on any atom is 0.308 e. The monoisotopic (exact) mass is 376 g/mol. The van der Waals surface area contributed by atoms with Gasteiger partial charge in [0.05, 0.1) is 12.3 Å². The first-order valence-corrected chi connectivity index (χ1v) is 9.71. The summed E-state index contributed by atoms with van der Waals surface area (Å²) in [7, 11) is 0. The molecule has 1 saturated heterocycles. The summed E-state index contributed by atoms with van der Waals surface area (Å²) < 4.78 is 0. The summed E-state index contributed by atoms with van der Waals surface area (Å²) in [5.41, 5.74) is 4.25. The lowest BCUT2D eigenvalue weighted by atomic mass is 9.89. The second-order valence-corrected chi connectivity index (χ2v) is 7.44. The number of likely N-dealkylation sites (tertiary alicyclic amines) is 1. The highest BCUT2D eigenvalue weighted by Crippen LogP contribution is 2.33. The van der Waals surface area contributed by atoms with Crippen molar-refractivity contribution in [3.63, 3.8) is 0 Å². The molecule has 1 aliphatic heterocycles. The highest BCUT2D eigenvalue weighted by atomic mass is 16.4. The molecule has 0 aliphatic carbocycles. The molecule has 5 heteroatoms. The van der Waals surface area contributed by atoms with E-state index in [0.717, 1.165) is 28.5 Å². The van der Waals surface area contributed by atoms with E-state index in [9.17, 15) is 14.7 Å². The van der Waals surface area contributed by atoms with Crippen molar-refractivity contribution in [2.45, 2.75) is 25.7 Å². The third-order valence-electron chi connectivity index (χ3n) is 5.83. The molecule has 0 spiro atoms. The van der Waals surface area contributed by atoms with Gasteiger partial charge in [0.25, 0.3) is 0 Å². The lowest BCUT2D eigenvalue weighted by Crippen LogP contribution is -2.31. The number of hydrogen-bond donors (Lipinski definition) is 2. The number of aliphatic carboxylic acids is 1. The fraction of sp³-hybridized carbons (Fsp3) is 0.304. The van der Waals surface area contributed by atoms with E-state index in [0.29, 0.717) is 6.54 Å². The van der Waals surface area contributed by atoms with Crippen LogP contribution in [0.1, 0.15) is 29.5 Å². The lowest BCUT2D eigenvalue weighted by molar-refractivity contribution is -0.141. The number of rotatable bonds is 5. The van der Waals surface area contributed by atoms with Crippen LogP contribution in [0.2, 0.25) is 0 Å². The van der Waals surface area contributed by atoms with Crippen molar-refractivity contribution in [3.05, 3.63) is 71.4 Å². The first kappa shape index (κ1) is 18.3. The zero-order chi connectivity index (χ0) is 19.7. The van der Waals surface area contributed by atoms with Crippen LogP contribution in [0.5, 0.6) is 0 Å². The van der Waals surface area contributed by atoms with Crippen LogP contribution in [0.25, 0.3) is 10.9 Å². The smallest absolute Gasteiger partial charge is 0.308 e. The van der Waals surface area contributed by atoms with Crippen LogP contribution in [0, 0.1) is 5.92 Å². The molecule has 28 heavy (non-hydrogen) atoms. The Morgan fingerprint density at radius 1 is 1.07 bits per heavy atom. The van der Waals surface area contributed by atoms with E-state index in [1.165, 1.54) is 5.56 Å². The molecule has 144 valence electrons.